The standard InChI is InChI=1S/C23H27FN4O2S/c1-3-10-28(22(29)20-5-4-15-31-20)16-19-21(17-6-8-18(24)9-7-17)25-30-23(19)27-13-11-26(2)12-14-27/h4-9,15H,3,10-14,16H2,1-2H3. The normalized spacial score (nSPS) is 14.7. The quantitative estimate of drug-likeness (QED) is 0.545. The van der Waals surface area contributed by atoms with Crippen LogP contribution in [0.2, 0.25) is 0 Å². The summed E-state index contributed by atoms with van der Waals surface area (Å²) < 4.78 is 19.3. The highest BCUT2D eigenvalue weighted by Gasteiger charge is 2.28. The summed E-state index contributed by atoms with van der Waals surface area (Å²) in [4.78, 5) is 20.2. The molecular formula is C23H27FN4O2S. The van der Waals surface area contributed by atoms with Gasteiger partial charge in [0.25, 0.3) is 5.91 Å². The summed E-state index contributed by atoms with van der Waals surface area (Å²) in [5.74, 6) is 0.411. The van der Waals surface area contributed by atoms with Crippen molar-refractivity contribution in [1.82, 2.24) is 15.0 Å². The summed E-state index contributed by atoms with van der Waals surface area (Å²) in [6.07, 6.45) is 0.845. The van der Waals surface area contributed by atoms with Gasteiger partial charge in [0.2, 0.25) is 5.88 Å². The van der Waals surface area contributed by atoms with Crippen LogP contribution >= 0.6 is 11.3 Å². The molecule has 0 bridgehead atoms. The number of piperazine rings is 1. The van der Waals surface area contributed by atoms with E-state index in [9.17, 15) is 9.18 Å². The molecule has 3 heterocycles. The van der Waals surface area contributed by atoms with Gasteiger partial charge in [-0.25, -0.2) is 4.39 Å². The van der Waals surface area contributed by atoms with Gasteiger partial charge in [0.1, 0.15) is 11.5 Å². The fourth-order valence-electron chi connectivity index (χ4n) is 3.80. The first-order valence-corrected chi connectivity index (χ1v) is 11.5. The molecular weight excluding hydrogens is 415 g/mol. The first kappa shape index (κ1) is 21.5. The van der Waals surface area contributed by atoms with Gasteiger partial charge in [-0.2, -0.15) is 0 Å². The average molecular weight is 443 g/mol. The first-order chi connectivity index (χ1) is 15.1. The van der Waals surface area contributed by atoms with E-state index in [0.717, 1.165) is 48.6 Å². The van der Waals surface area contributed by atoms with Crippen LogP contribution in [0.15, 0.2) is 46.3 Å². The number of carbonyl (C=O) groups is 1. The lowest BCUT2D eigenvalue weighted by atomic mass is 10.1. The van der Waals surface area contributed by atoms with Crippen molar-refractivity contribution >= 4 is 23.1 Å². The summed E-state index contributed by atoms with van der Waals surface area (Å²) in [5.41, 5.74) is 2.31. The van der Waals surface area contributed by atoms with Crippen molar-refractivity contribution in [2.75, 3.05) is 44.7 Å². The van der Waals surface area contributed by atoms with Gasteiger partial charge in [0.15, 0.2) is 0 Å². The molecule has 0 atom stereocenters. The van der Waals surface area contributed by atoms with Gasteiger partial charge >= 0.3 is 0 Å². The molecule has 0 spiro atoms. The Morgan fingerprint density at radius 3 is 2.58 bits per heavy atom. The third-order valence-electron chi connectivity index (χ3n) is 5.54. The molecule has 4 rings (SSSR count). The number of thiophene rings is 1. The zero-order valence-corrected chi connectivity index (χ0v) is 18.7. The van der Waals surface area contributed by atoms with E-state index in [1.165, 1.54) is 23.5 Å². The maximum absolute atomic E-state index is 13.5. The number of nitrogens with zero attached hydrogens (tertiary/aromatic N) is 4. The van der Waals surface area contributed by atoms with Gasteiger partial charge in [0, 0.05) is 38.3 Å². The maximum atomic E-state index is 13.5. The number of halogens is 1. The predicted octanol–water partition coefficient (Wildman–Crippen LogP) is 4.35. The molecule has 6 nitrogen and oxygen atoms in total. The molecule has 0 unspecified atom stereocenters. The van der Waals surface area contributed by atoms with E-state index in [1.54, 1.807) is 12.1 Å². The van der Waals surface area contributed by atoms with Gasteiger partial charge in [-0.1, -0.05) is 18.1 Å². The Balaban J connectivity index is 1.70. The Labute approximate surface area is 185 Å². The molecule has 1 saturated heterocycles. The smallest absolute Gasteiger partial charge is 0.264 e. The molecule has 1 amide bonds. The van der Waals surface area contributed by atoms with Crippen LogP contribution in [0, 0.1) is 5.82 Å². The second kappa shape index (κ2) is 9.62. The maximum Gasteiger partial charge on any atom is 0.264 e. The number of aromatic nitrogens is 1. The summed E-state index contributed by atoms with van der Waals surface area (Å²) >= 11 is 1.44. The number of rotatable bonds is 7. The van der Waals surface area contributed by atoms with E-state index in [0.29, 0.717) is 24.7 Å². The van der Waals surface area contributed by atoms with Gasteiger partial charge < -0.3 is 19.2 Å². The topological polar surface area (TPSA) is 52.8 Å². The summed E-state index contributed by atoms with van der Waals surface area (Å²) in [6.45, 7) is 6.60. The first-order valence-electron chi connectivity index (χ1n) is 10.6. The van der Waals surface area contributed by atoms with E-state index in [2.05, 4.69) is 28.9 Å². The molecule has 1 aliphatic heterocycles. The van der Waals surface area contributed by atoms with Crippen LogP contribution in [0.1, 0.15) is 28.6 Å². The Morgan fingerprint density at radius 2 is 1.94 bits per heavy atom. The van der Waals surface area contributed by atoms with Crippen LogP contribution in [0.3, 0.4) is 0 Å². The number of anilines is 1. The lowest BCUT2D eigenvalue weighted by molar-refractivity contribution is 0.0748. The minimum atomic E-state index is -0.298. The molecule has 1 fully saturated rings. The van der Waals surface area contributed by atoms with Crippen molar-refractivity contribution < 1.29 is 13.7 Å². The molecule has 8 heteroatoms. The molecule has 31 heavy (non-hydrogen) atoms. The summed E-state index contributed by atoms with van der Waals surface area (Å²) in [6, 6.07) is 9.99. The van der Waals surface area contributed by atoms with Crippen LogP contribution in [-0.2, 0) is 6.54 Å². The summed E-state index contributed by atoms with van der Waals surface area (Å²) in [5, 5.41) is 6.27. The Kier molecular flexibility index (Phi) is 6.67. The molecule has 164 valence electrons. The van der Waals surface area contributed by atoms with E-state index < -0.39 is 0 Å². The van der Waals surface area contributed by atoms with Gasteiger partial charge in [-0.15, -0.1) is 11.3 Å². The van der Waals surface area contributed by atoms with Crippen molar-refractivity contribution in [2.24, 2.45) is 0 Å². The van der Waals surface area contributed by atoms with Gasteiger partial charge in [-0.3, -0.25) is 4.79 Å². The fourth-order valence-corrected chi connectivity index (χ4v) is 4.50. The Morgan fingerprint density at radius 1 is 1.19 bits per heavy atom. The minimum Gasteiger partial charge on any atom is -0.338 e. The minimum absolute atomic E-state index is 0.00688. The highest BCUT2D eigenvalue weighted by Crippen LogP contribution is 2.33. The van der Waals surface area contributed by atoms with Crippen LogP contribution < -0.4 is 4.90 Å². The number of hydrogen-bond acceptors (Lipinski definition) is 6. The number of likely N-dealkylation sites (N-methyl/N-ethyl adjacent to an activating group) is 1. The van der Waals surface area contributed by atoms with Gasteiger partial charge in [-0.05, 0) is 49.2 Å². The molecule has 0 N–H and O–H groups in total. The van der Waals surface area contributed by atoms with Crippen molar-refractivity contribution in [3.8, 4) is 11.3 Å². The third-order valence-corrected chi connectivity index (χ3v) is 6.40. The number of benzene rings is 1. The van der Waals surface area contributed by atoms with Crippen LogP contribution in [0.5, 0.6) is 0 Å². The highest BCUT2D eigenvalue weighted by atomic mass is 32.1. The Bertz CT molecular complexity index is 995. The van der Waals surface area contributed by atoms with Crippen molar-refractivity contribution in [3.63, 3.8) is 0 Å². The predicted molar refractivity (Wildman–Crippen MR) is 121 cm³/mol. The molecule has 1 aliphatic rings. The lowest BCUT2D eigenvalue weighted by Crippen LogP contribution is -2.44. The molecule has 0 radical (unpaired) electrons. The fraction of sp³-hybridized carbons (Fsp3) is 0.391. The van der Waals surface area contributed by atoms with Crippen molar-refractivity contribution in [1.29, 1.82) is 0 Å². The van der Waals surface area contributed by atoms with Crippen LogP contribution in [0.25, 0.3) is 11.3 Å². The van der Waals surface area contributed by atoms with Crippen molar-refractivity contribution in [3.05, 3.63) is 58.0 Å². The summed E-state index contributed by atoms with van der Waals surface area (Å²) in [7, 11) is 2.10. The number of carbonyl (C=O) groups excluding carboxylic acids is 1. The monoisotopic (exact) mass is 442 g/mol. The zero-order valence-electron chi connectivity index (χ0n) is 17.9. The highest BCUT2D eigenvalue weighted by molar-refractivity contribution is 7.12. The molecule has 1 aromatic carbocycles. The van der Waals surface area contributed by atoms with E-state index in [1.807, 2.05) is 22.4 Å². The molecule has 2 aromatic heterocycles. The largest absolute Gasteiger partial charge is 0.338 e. The second-order valence-electron chi connectivity index (χ2n) is 7.82. The van der Waals surface area contributed by atoms with Gasteiger partial charge in [0.05, 0.1) is 17.0 Å². The average Bonchev–Trinajstić information content (AvgIpc) is 3.45. The molecule has 0 saturated carbocycles. The molecule has 0 aliphatic carbocycles. The number of hydrogen-bond donors (Lipinski definition) is 0. The molecule has 3 aromatic rings. The second-order valence-corrected chi connectivity index (χ2v) is 8.76. The van der Waals surface area contributed by atoms with E-state index in [4.69, 9.17) is 4.52 Å². The Hall–Kier alpha value is -2.71. The van der Waals surface area contributed by atoms with Crippen LogP contribution in [-0.4, -0.2) is 60.6 Å². The SMILES string of the molecule is CCCN(Cc1c(-c2ccc(F)cc2)noc1N1CCN(C)CC1)C(=O)c1cccs1. The number of amides is 1. The third kappa shape index (κ3) is 4.80. The van der Waals surface area contributed by atoms with E-state index in [-0.39, 0.29) is 11.7 Å². The zero-order chi connectivity index (χ0) is 21.8. The van der Waals surface area contributed by atoms with E-state index >= 15 is 0 Å². The lowest BCUT2D eigenvalue weighted by Gasteiger charge is -2.33. The van der Waals surface area contributed by atoms with Crippen LogP contribution in [0.4, 0.5) is 10.3 Å². The van der Waals surface area contributed by atoms with Crippen molar-refractivity contribution in [2.45, 2.75) is 19.9 Å².